The predicted molar refractivity (Wildman–Crippen MR) is 150 cm³/mol. The first-order valence-electron chi connectivity index (χ1n) is 13.1. The van der Waals surface area contributed by atoms with E-state index in [1.54, 1.807) is 7.11 Å². The van der Waals surface area contributed by atoms with E-state index in [1.165, 1.54) is 16.7 Å². The van der Waals surface area contributed by atoms with Gasteiger partial charge < -0.3 is 19.7 Å². The lowest BCUT2D eigenvalue weighted by Gasteiger charge is -2.32. The molecule has 3 aromatic carbocycles. The maximum absolute atomic E-state index is 5.86. The quantitative estimate of drug-likeness (QED) is 0.292. The Bertz CT molecular complexity index is 1350. The minimum atomic E-state index is 0.200. The van der Waals surface area contributed by atoms with Crippen LogP contribution in [0.15, 0.2) is 84.9 Å². The van der Waals surface area contributed by atoms with Gasteiger partial charge in [0, 0.05) is 13.1 Å². The Hall–Kier alpha value is -4.30. The van der Waals surface area contributed by atoms with E-state index in [2.05, 4.69) is 57.0 Å². The normalized spacial score (nSPS) is 15.8. The highest BCUT2D eigenvalue weighted by molar-refractivity contribution is 5.68. The number of methoxy groups -OCH3 is 1. The standard InChI is InChI=1S/C30H32N6O2/c1-37-24-14-12-23(13-15-24)20-35-18-16-26-27-28(35)32-30(31-17-19-38-25-10-6-3-7-11-25)33-29(27)36(34-26)21-22-8-4-2-5-9-22/h2-15,26,34H,16-21H2,1H3,(H,31,32,33). The second-order valence-electron chi connectivity index (χ2n) is 9.51. The highest BCUT2D eigenvalue weighted by atomic mass is 16.5. The average molecular weight is 509 g/mol. The Kier molecular flexibility index (Phi) is 6.95. The van der Waals surface area contributed by atoms with Crippen LogP contribution in [0, 0.1) is 0 Å². The summed E-state index contributed by atoms with van der Waals surface area (Å²) in [7, 11) is 1.69. The zero-order valence-electron chi connectivity index (χ0n) is 21.5. The molecule has 194 valence electrons. The average Bonchev–Trinajstić information content (AvgIpc) is 3.31. The summed E-state index contributed by atoms with van der Waals surface area (Å²) in [4.78, 5) is 12.4. The molecule has 0 bridgehead atoms. The maximum atomic E-state index is 5.86. The van der Waals surface area contributed by atoms with Crippen molar-refractivity contribution in [2.75, 3.05) is 42.0 Å². The zero-order chi connectivity index (χ0) is 25.7. The van der Waals surface area contributed by atoms with Gasteiger partial charge in [-0.2, -0.15) is 9.97 Å². The molecule has 1 unspecified atom stereocenters. The number of benzene rings is 3. The number of anilines is 3. The van der Waals surface area contributed by atoms with Crippen molar-refractivity contribution in [2.24, 2.45) is 0 Å². The Morgan fingerprint density at radius 3 is 2.32 bits per heavy atom. The Morgan fingerprint density at radius 1 is 0.842 bits per heavy atom. The molecule has 0 radical (unpaired) electrons. The molecular formula is C30H32N6O2. The number of ether oxygens (including phenoxy) is 2. The summed E-state index contributed by atoms with van der Waals surface area (Å²) >= 11 is 0. The van der Waals surface area contributed by atoms with E-state index >= 15 is 0 Å². The molecule has 0 aliphatic carbocycles. The topological polar surface area (TPSA) is 74.8 Å². The summed E-state index contributed by atoms with van der Waals surface area (Å²) in [6, 6.07) is 28.8. The molecule has 8 heteroatoms. The van der Waals surface area contributed by atoms with Crippen molar-refractivity contribution < 1.29 is 9.47 Å². The van der Waals surface area contributed by atoms with E-state index in [-0.39, 0.29) is 6.04 Å². The molecule has 1 aromatic heterocycles. The smallest absolute Gasteiger partial charge is 0.226 e. The Balaban J connectivity index is 1.26. The third-order valence-electron chi connectivity index (χ3n) is 6.92. The molecule has 1 atom stereocenters. The molecule has 0 spiro atoms. The number of rotatable bonds is 10. The van der Waals surface area contributed by atoms with Crippen LogP contribution in [0.3, 0.4) is 0 Å². The van der Waals surface area contributed by atoms with Crippen LogP contribution in [-0.4, -0.2) is 36.8 Å². The number of hydrazine groups is 1. The first-order valence-corrected chi connectivity index (χ1v) is 13.1. The van der Waals surface area contributed by atoms with Gasteiger partial charge in [-0.3, -0.25) is 5.01 Å². The molecule has 0 saturated carbocycles. The van der Waals surface area contributed by atoms with Crippen LogP contribution in [-0.2, 0) is 13.1 Å². The van der Waals surface area contributed by atoms with Crippen molar-refractivity contribution in [3.63, 3.8) is 0 Å². The molecule has 0 fully saturated rings. The lowest BCUT2D eigenvalue weighted by atomic mass is 10.0. The minimum absolute atomic E-state index is 0.200. The van der Waals surface area contributed by atoms with Crippen LogP contribution in [0.1, 0.15) is 29.2 Å². The van der Waals surface area contributed by atoms with Gasteiger partial charge in [0.1, 0.15) is 23.9 Å². The third-order valence-corrected chi connectivity index (χ3v) is 6.92. The van der Waals surface area contributed by atoms with Crippen molar-refractivity contribution >= 4 is 17.6 Å². The summed E-state index contributed by atoms with van der Waals surface area (Å²) < 4.78 is 11.2. The van der Waals surface area contributed by atoms with Crippen LogP contribution in [0.25, 0.3) is 0 Å². The van der Waals surface area contributed by atoms with E-state index in [0.29, 0.717) is 19.1 Å². The summed E-state index contributed by atoms with van der Waals surface area (Å²) in [6.07, 6.45) is 0.989. The van der Waals surface area contributed by atoms with Crippen LogP contribution in [0.4, 0.5) is 17.6 Å². The van der Waals surface area contributed by atoms with Crippen LogP contribution in [0.2, 0.25) is 0 Å². The van der Waals surface area contributed by atoms with Gasteiger partial charge in [0.2, 0.25) is 5.95 Å². The van der Waals surface area contributed by atoms with E-state index in [1.807, 2.05) is 48.5 Å². The molecule has 0 amide bonds. The van der Waals surface area contributed by atoms with Gasteiger partial charge in [-0.1, -0.05) is 60.7 Å². The maximum Gasteiger partial charge on any atom is 0.226 e. The van der Waals surface area contributed by atoms with Gasteiger partial charge in [-0.05, 0) is 41.8 Å². The number of hydrogen-bond acceptors (Lipinski definition) is 8. The highest BCUT2D eigenvalue weighted by Crippen LogP contribution is 2.44. The van der Waals surface area contributed by atoms with E-state index in [9.17, 15) is 0 Å². The molecule has 0 saturated heterocycles. The van der Waals surface area contributed by atoms with Crippen molar-refractivity contribution in [2.45, 2.75) is 25.6 Å². The van der Waals surface area contributed by atoms with Crippen LogP contribution in [0.5, 0.6) is 11.5 Å². The number of aromatic nitrogens is 2. The van der Waals surface area contributed by atoms with Gasteiger partial charge in [-0.15, -0.1) is 0 Å². The summed E-state index contributed by atoms with van der Waals surface area (Å²) in [5.74, 6) is 4.25. The lowest BCUT2D eigenvalue weighted by molar-refractivity contribution is 0.332. The molecule has 3 heterocycles. The second kappa shape index (κ2) is 11.0. The van der Waals surface area contributed by atoms with Crippen molar-refractivity contribution in [3.8, 4) is 11.5 Å². The monoisotopic (exact) mass is 508 g/mol. The Labute approximate surface area is 223 Å². The van der Waals surface area contributed by atoms with Crippen molar-refractivity contribution in [3.05, 3.63) is 102 Å². The summed E-state index contributed by atoms with van der Waals surface area (Å²) in [5, 5.41) is 5.57. The molecule has 38 heavy (non-hydrogen) atoms. The molecule has 2 aliphatic rings. The van der Waals surface area contributed by atoms with Gasteiger partial charge in [-0.25, -0.2) is 5.43 Å². The Morgan fingerprint density at radius 2 is 1.55 bits per heavy atom. The molecule has 2 N–H and O–H groups in total. The zero-order valence-corrected chi connectivity index (χ0v) is 21.5. The predicted octanol–water partition coefficient (Wildman–Crippen LogP) is 4.95. The first-order chi connectivity index (χ1) is 18.8. The van der Waals surface area contributed by atoms with Crippen molar-refractivity contribution in [1.82, 2.24) is 15.4 Å². The molecular weight excluding hydrogens is 476 g/mol. The van der Waals surface area contributed by atoms with Gasteiger partial charge in [0.05, 0.1) is 31.8 Å². The molecule has 2 aliphatic heterocycles. The highest BCUT2D eigenvalue weighted by Gasteiger charge is 2.38. The number of nitrogens with zero attached hydrogens (tertiary/aromatic N) is 4. The minimum Gasteiger partial charge on any atom is -0.497 e. The van der Waals surface area contributed by atoms with Gasteiger partial charge in [0.25, 0.3) is 0 Å². The van der Waals surface area contributed by atoms with Gasteiger partial charge >= 0.3 is 0 Å². The lowest BCUT2D eigenvalue weighted by Crippen LogP contribution is -2.37. The van der Waals surface area contributed by atoms with E-state index < -0.39 is 0 Å². The number of hydrogen-bond donors (Lipinski definition) is 2. The van der Waals surface area contributed by atoms with E-state index in [4.69, 9.17) is 19.4 Å². The fourth-order valence-electron chi connectivity index (χ4n) is 5.04. The fraction of sp³-hybridized carbons (Fsp3) is 0.267. The SMILES string of the molecule is COc1ccc(CN2CCC3NN(Cc4ccccc4)c4nc(NCCOc5ccccc5)nc2c43)cc1. The second-order valence-corrected chi connectivity index (χ2v) is 9.51. The van der Waals surface area contributed by atoms with E-state index in [0.717, 1.165) is 49.2 Å². The molecule has 6 rings (SSSR count). The first kappa shape index (κ1) is 24.1. The van der Waals surface area contributed by atoms with Gasteiger partial charge in [0.15, 0.2) is 5.82 Å². The number of para-hydroxylation sites is 1. The fourth-order valence-corrected chi connectivity index (χ4v) is 5.04. The van der Waals surface area contributed by atoms with Crippen molar-refractivity contribution in [1.29, 1.82) is 0 Å². The summed E-state index contributed by atoms with van der Waals surface area (Å²) in [5.41, 5.74) is 7.32. The largest absolute Gasteiger partial charge is 0.497 e. The third kappa shape index (κ3) is 5.21. The molecule has 4 aromatic rings. The van der Waals surface area contributed by atoms with Crippen LogP contribution < -0.4 is 30.1 Å². The molecule has 8 nitrogen and oxygen atoms in total. The van der Waals surface area contributed by atoms with Crippen LogP contribution >= 0.6 is 0 Å². The number of nitrogens with one attached hydrogen (secondary N) is 2. The summed E-state index contributed by atoms with van der Waals surface area (Å²) in [6.45, 7) is 3.53.